The van der Waals surface area contributed by atoms with E-state index in [4.69, 9.17) is 0 Å². The molecule has 1 aliphatic heterocycles. The van der Waals surface area contributed by atoms with Crippen molar-refractivity contribution in [2.24, 2.45) is 0 Å². The number of hydrogen-bond acceptors (Lipinski definition) is 4. The Morgan fingerprint density at radius 3 is 2.41 bits per heavy atom. The third-order valence-electron chi connectivity index (χ3n) is 4.64. The second-order valence-electron chi connectivity index (χ2n) is 6.32. The molecule has 0 radical (unpaired) electrons. The third kappa shape index (κ3) is 4.03. The van der Waals surface area contributed by atoms with E-state index in [0.29, 0.717) is 5.52 Å². The van der Waals surface area contributed by atoms with E-state index < -0.39 is 10.0 Å². The number of nitrogens with zero attached hydrogens (tertiary/aromatic N) is 2. The largest absolute Gasteiger partial charge is 0.368 e. The van der Waals surface area contributed by atoms with Gasteiger partial charge in [0.05, 0.1) is 10.9 Å². The molecule has 3 aromatic rings. The first kappa shape index (κ1) is 19.5. The van der Waals surface area contributed by atoms with E-state index in [0.717, 1.165) is 42.8 Å². The molecule has 142 valence electrons. The van der Waals surface area contributed by atoms with Crippen molar-refractivity contribution in [1.82, 2.24) is 9.29 Å². The molecule has 4 rings (SSSR count). The summed E-state index contributed by atoms with van der Waals surface area (Å²) < 4.78 is 27.0. The van der Waals surface area contributed by atoms with Crippen molar-refractivity contribution in [1.29, 1.82) is 0 Å². The number of piperazine rings is 1. The molecule has 2 heterocycles. The Morgan fingerprint density at radius 2 is 1.67 bits per heavy atom. The summed E-state index contributed by atoms with van der Waals surface area (Å²) in [5.41, 5.74) is 2.65. The summed E-state index contributed by atoms with van der Waals surface area (Å²) in [6, 6.07) is 17.2. The van der Waals surface area contributed by atoms with Gasteiger partial charge in [0.25, 0.3) is 10.0 Å². The lowest BCUT2D eigenvalue weighted by Crippen LogP contribution is -2.43. The number of aromatic nitrogens is 1. The van der Waals surface area contributed by atoms with Crippen LogP contribution in [0.25, 0.3) is 17.0 Å². The lowest BCUT2D eigenvalue weighted by molar-refractivity contribution is 0.590. The first-order valence-corrected chi connectivity index (χ1v) is 10.2. The monoisotopic (exact) mass is 403 g/mol. The van der Waals surface area contributed by atoms with Crippen LogP contribution in [0, 0.1) is 0 Å². The minimum atomic E-state index is -3.58. The quantitative estimate of drug-likeness (QED) is 0.726. The van der Waals surface area contributed by atoms with Gasteiger partial charge in [-0.3, -0.25) is 0 Å². The van der Waals surface area contributed by atoms with Crippen LogP contribution in [0.4, 0.5) is 5.69 Å². The van der Waals surface area contributed by atoms with Crippen LogP contribution in [0.1, 0.15) is 5.56 Å². The standard InChI is InChI=1S/C20H21N3O2S.ClH/c24-26(25,16-10-17-5-2-1-3-6-17)23-13-9-18-19(7-4-8-20(18)23)22-14-11-21-12-15-22;/h1-10,13,16,21H,11-12,14-15H2;1H. The van der Waals surface area contributed by atoms with Gasteiger partial charge in [0.2, 0.25) is 0 Å². The van der Waals surface area contributed by atoms with Crippen molar-refractivity contribution >= 4 is 45.1 Å². The molecule has 0 bridgehead atoms. The highest BCUT2D eigenvalue weighted by atomic mass is 35.5. The number of nitrogens with one attached hydrogen (secondary N) is 1. The predicted octanol–water partition coefficient (Wildman–Crippen LogP) is 3.32. The Hall–Kier alpha value is -2.28. The highest BCUT2D eigenvalue weighted by molar-refractivity contribution is 7.93. The second kappa shape index (κ2) is 8.17. The van der Waals surface area contributed by atoms with Gasteiger partial charge in [0.1, 0.15) is 0 Å². The molecule has 0 atom stereocenters. The van der Waals surface area contributed by atoms with E-state index >= 15 is 0 Å². The van der Waals surface area contributed by atoms with Crippen LogP contribution in [0.5, 0.6) is 0 Å². The summed E-state index contributed by atoms with van der Waals surface area (Å²) in [6.45, 7) is 3.72. The van der Waals surface area contributed by atoms with Crippen LogP contribution in [0.3, 0.4) is 0 Å². The van der Waals surface area contributed by atoms with Crippen LogP contribution in [0.2, 0.25) is 0 Å². The smallest absolute Gasteiger partial charge is 0.261 e. The molecule has 1 N–H and O–H groups in total. The fourth-order valence-corrected chi connectivity index (χ4v) is 4.45. The average molecular weight is 404 g/mol. The molecule has 2 aromatic carbocycles. The van der Waals surface area contributed by atoms with E-state index in [1.165, 1.54) is 9.38 Å². The zero-order chi connectivity index (χ0) is 18.0. The predicted molar refractivity (Wildman–Crippen MR) is 114 cm³/mol. The minimum absolute atomic E-state index is 0. The summed E-state index contributed by atoms with van der Waals surface area (Å²) in [4.78, 5) is 2.30. The maximum absolute atomic E-state index is 12.8. The number of halogens is 1. The van der Waals surface area contributed by atoms with E-state index in [-0.39, 0.29) is 12.4 Å². The molecule has 7 heteroatoms. The molecule has 0 amide bonds. The highest BCUT2D eigenvalue weighted by Gasteiger charge is 2.18. The molecule has 1 aliphatic rings. The molecule has 0 unspecified atom stereocenters. The van der Waals surface area contributed by atoms with Crippen LogP contribution >= 0.6 is 12.4 Å². The van der Waals surface area contributed by atoms with E-state index in [1.54, 1.807) is 12.3 Å². The summed E-state index contributed by atoms with van der Waals surface area (Å²) in [5, 5.41) is 5.57. The van der Waals surface area contributed by atoms with Crippen LogP contribution in [0.15, 0.2) is 66.2 Å². The van der Waals surface area contributed by atoms with Gasteiger partial charge in [0.15, 0.2) is 0 Å². The second-order valence-corrected chi connectivity index (χ2v) is 8.01. The van der Waals surface area contributed by atoms with Crippen molar-refractivity contribution in [3.8, 4) is 0 Å². The molecule has 1 aromatic heterocycles. The zero-order valence-corrected chi connectivity index (χ0v) is 16.4. The normalized spacial score (nSPS) is 15.2. The minimum Gasteiger partial charge on any atom is -0.368 e. The molecule has 1 fully saturated rings. The summed E-state index contributed by atoms with van der Waals surface area (Å²) in [7, 11) is -3.58. The van der Waals surface area contributed by atoms with Gasteiger partial charge in [-0.1, -0.05) is 36.4 Å². The number of benzene rings is 2. The lowest BCUT2D eigenvalue weighted by Gasteiger charge is -2.30. The van der Waals surface area contributed by atoms with Gasteiger partial charge < -0.3 is 10.2 Å². The number of hydrogen-bond donors (Lipinski definition) is 1. The van der Waals surface area contributed by atoms with Gasteiger partial charge in [-0.25, -0.2) is 12.4 Å². The number of fused-ring (bicyclic) bond motifs is 1. The van der Waals surface area contributed by atoms with Crippen molar-refractivity contribution in [3.63, 3.8) is 0 Å². The molecule has 27 heavy (non-hydrogen) atoms. The molecule has 0 saturated carbocycles. The number of anilines is 1. The van der Waals surface area contributed by atoms with E-state index in [2.05, 4.69) is 16.3 Å². The first-order chi connectivity index (χ1) is 12.6. The highest BCUT2D eigenvalue weighted by Crippen LogP contribution is 2.29. The molecule has 0 aliphatic carbocycles. The van der Waals surface area contributed by atoms with E-state index in [9.17, 15) is 8.42 Å². The van der Waals surface area contributed by atoms with Crippen molar-refractivity contribution in [2.45, 2.75) is 0 Å². The molecule has 0 spiro atoms. The average Bonchev–Trinajstić information content (AvgIpc) is 3.13. The molecular weight excluding hydrogens is 382 g/mol. The Labute approximate surface area is 165 Å². The van der Waals surface area contributed by atoms with Crippen molar-refractivity contribution in [2.75, 3.05) is 31.1 Å². The van der Waals surface area contributed by atoms with Crippen LogP contribution < -0.4 is 10.2 Å². The van der Waals surface area contributed by atoms with Gasteiger partial charge in [-0.15, -0.1) is 12.4 Å². The SMILES string of the molecule is Cl.O=S(=O)(C=Cc1ccccc1)n1ccc2c(N3CCNCC3)cccc21. The van der Waals surface area contributed by atoms with Gasteiger partial charge >= 0.3 is 0 Å². The topological polar surface area (TPSA) is 54.3 Å². The molecular formula is C20H22ClN3O2S. The fourth-order valence-electron chi connectivity index (χ4n) is 3.32. The Balaban J connectivity index is 0.00000210. The maximum Gasteiger partial charge on any atom is 0.261 e. The summed E-state index contributed by atoms with van der Waals surface area (Å²) in [5.74, 6) is 0. The number of rotatable bonds is 4. The van der Waals surface area contributed by atoms with Gasteiger partial charge in [-0.2, -0.15) is 0 Å². The fraction of sp³-hybridized carbons (Fsp3) is 0.200. The summed E-state index contributed by atoms with van der Waals surface area (Å²) >= 11 is 0. The van der Waals surface area contributed by atoms with Crippen LogP contribution in [-0.4, -0.2) is 38.6 Å². The molecule has 5 nitrogen and oxygen atoms in total. The first-order valence-electron chi connectivity index (χ1n) is 8.70. The zero-order valence-electron chi connectivity index (χ0n) is 14.8. The Bertz CT molecular complexity index is 1040. The van der Waals surface area contributed by atoms with Gasteiger partial charge in [-0.05, 0) is 29.8 Å². The molecule has 1 saturated heterocycles. The van der Waals surface area contributed by atoms with Crippen molar-refractivity contribution < 1.29 is 8.42 Å². The Morgan fingerprint density at radius 1 is 0.926 bits per heavy atom. The van der Waals surface area contributed by atoms with Gasteiger partial charge in [0, 0.05) is 43.4 Å². The Kier molecular flexibility index (Phi) is 5.89. The van der Waals surface area contributed by atoms with Crippen LogP contribution in [-0.2, 0) is 10.0 Å². The summed E-state index contributed by atoms with van der Waals surface area (Å²) in [6.07, 6.45) is 3.27. The lowest BCUT2D eigenvalue weighted by atomic mass is 10.2. The third-order valence-corrected chi connectivity index (χ3v) is 5.98. The van der Waals surface area contributed by atoms with E-state index in [1.807, 2.05) is 48.5 Å². The van der Waals surface area contributed by atoms with Crippen molar-refractivity contribution in [3.05, 3.63) is 71.8 Å². The maximum atomic E-state index is 12.8.